The highest BCUT2D eigenvalue weighted by molar-refractivity contribution is 6.35. The Labute approximate surface area is 152 Å². The molecule has 0 atom stereocenters. The van der Waals surface area contributed by atoms with Gasteiger partial charge in [0.1, 0.15) is 5.82 Å². The summed E-state index contributed by atoms with van der Waals surface area (Å²) >= 11 is 12.1. The summed E-state index contributed by atoms with van der Waals surface area (Å²) in [5.74, 6) is 1.46. The number of benzene rings is 1. The lowest BCUT2D eigenvalue weighted by atomic mass is 10.0. The average molecular weight is 366 g/mol. The van der Waals surface area contributed by atoms with E-state index in [0.717, 1.165) is 12.0 Å². The maximum absolute atomic E-state index is 12.2. The summed E-state index contributed by atoms with van der Waals surface area (Å²) < 4.78 is 1.74. The molecule has 0 spiro atoms. The first-order valence-corrected chi connectivity index (χ1v) is 9.13. The van der Waals surface area contributed by atoms with Crippen LogP contribution in [0.3, 0.4) is 0 Å². The minimum Gasteiger partial charge on any atom is -0.311 e. The van der Waals surface area contributed by atoms with Gasteiger partial charge in [-0.3, -0.25) is 4.79 Å². The Kier molecular flexibility index (Phi) is 5.80. The molecule has 24 heavy (non-hydrogen) atoms. The van der Waals surface area contributed by atoms with E-state index < -0.39 is 0 Å². The fourth-order valence-corrected chi connectivity index (χ4v) is 3.68. The molecule has 1 aliphatic rings. The fraction of sp³-hybridized carbons (Fsp3) is 0.444. The van der Waals surface area contributed by atoms with Gasteiger partial charge in [-0.05, 0) is 30.0 Å². The number of hydrogen-bond acceptors (Lipinski definition) is 2. The topological polar surface area (TPSA) is 46.9 Å². The summed E-state index contributed by atoms with van der Waals surface area (Å²) in [6.45, 7) is 0.487. The van der Waals surface area contributed by atoms with Gasteiger partial charge >= 0.3 is 0 Å². The molecule has 1 amide bonds. The number of anilines is 1. The van der Waals surface area contributed by atoms with Crippen molar-refractivity contribution in [2.75, 3.05) is 5.32 Å². The van der Waals surface area contributed by atoms with Crippen LogP contribution in [-0.2, 0) is 11.3 Å². The quantitative estimate of drug-likeness (QED) is 0.769. The van der Waals surface area contributed by atoms with E-state index in [1.807, 2.05) is 6.07 Å². The second kappa shape index (κ2) is 8.04. The lowest BCUT2D eigenvalue weighted by molar-refractivity contribution is -0.116. The van der Waals surface area contributed by atoms with Crippen LogP contribution in [0, 0.1) is 5.92 Å². The molecule has 0 bridgehead atoms. The van der Waals surface area contributed by atoms with E-state index in [2.05, 4.69) is 10.4 Å². The molecule has 0 saturated heterocycles. The Morgan fingerprint density at radius 2 is 2.04 bits per heavy atom. The summed E-state index contributed by atoms with van der Waals surface area (Å²) in [4.78, 5) is 12.2. The summed E-state index contributed by atoms with van der Waals surface area (Å²) in [5.41, 5.74) is 0.909. The van der Waals surface area contributed by atoms with Crippen LogP contribution in [0.1, 0.15) is 44.1 Å². The second-order valence-corrected chi connectivity index (χ2v) is 7.19. The SMILES string of the molecule is O=C(CCC1CCCC1)Nc1ccnn1Cc1ccc(Cl)cc1Cl. The number of nitrogens with zero attached hydrogens (tertiary/aromatic N) is 2. The third kappa shape index (κ3) is 4.52. The minimum atomic E-state index is 0.0471. The van der Waals surface area contributed by atoms with Crippen molar-refractivity contribution in [3.8, 4) is 0 Å². The van der Waals surface area contributed by atoms with Crippen molar-refractivity contribution < 1.29 is 4.79 Å². The molecule has 1 saturated carbocycles. The van der Waals surface area contributed by atoms with E-state index in [1.165, 1.54) is 25.7 Å². The van der Waals surface area contributed by atoms with Crippen LogP contribution < -0.4 is 5.32 Å². The van der Waals surface area contributed by atoms with Gasteiger partial charge in [-0.25, -0.2) is 4.68 Å². The highest BCUT2D eigenvalue weighted by Gasteiger charge is 2.17. The number of amides is 1. The number of rotatable bonds is 6. The predicted octanol–water partition coefficient (Wildman–Crippen LogP) is 5.15. The fourth-order valence-electron chi connectivity index (χ4n) is 3.22. The van der Waals surface area contributed by atoms with Crippen LogP contribution in [-0.4, -0.2) is 15.7 Å². The van der Waals surface area contributed by atoms with E-state index in [1.54, 1.807) is 29.1 Å². The highest BCUT2D eigenvalue weighted by atomic mass is 35.5. The van der Waals surface area contributed by atoms with Crippen molar-refractivity contribution in [3.63, 3.8) is 0 Å². The Morgan fingerprint density at radius 1 is 1.25 bits per heavy atom. The van der Waals surface area contributed by atoms with Gasteiger partial charge in [-0.15, -0.1) is 0 Å². The molecular weight excluding hydrogens is 345 g/mol. The third-order valence-corrected chi connectivity index (χ3v) is 5.16. The van der Waals surface area contributed by atoms with Crippen molar-refractivity contribution in [2.24, 2.45) is 5.92 Å². The monoisotopic (exact) mass is 365 g/mol. The summed E-state index contributed by atoms with van der Waals surface area (Å²) in [7, 11) is 0. The van der Waals surface area contributed by atoms with E-state index in [0.29, 0.717) is 34.7 Å². The second-order valence-electron chi connectivity index (χ2n) is 6.35. The first kappa shape index (κ1) is 17.3. The number of halogens is 2. The number of carbonyl (C=O) groups excluding carboxylic acids is 1. The van der Waals surface area contributed by atoms with Crippen LogP contribution in [0.25, 0.3) is 0 Å². The van der Waals surface area contributed by atoms with Crippen molar-refractivity contribution in [3.05, 3.63) is 46.1 Å². The molecule has 1 aromatic carbocycles. The first-order valence-electron chi connectivity index (χ1n) is 8.37. The number of hydrogen-bond donors (Lipinski definition) is 1. The summed E-state index contributed by atoms with van der Waals surface area (Å²) in [6, 6.07) is 7.18. The molecule has 6 heteroatoms. The van der Waals surface area contributed by atoms with Crippen molar-refractivity contribution in [1.82, 2.24) is 9.78 Å². The zero-order chi connectivity index (χ0) is 16.9. The van der Waals surface area contributed by atoms with Crippen LogP contribution in [0.2, 0.25) is 10.0 Å². The van der Waals surface area contributed by atoms with E-state index in [9.17, 15) is 4.79 Å². The van der Waals surface area contributed by atoms with Gasteiger partial charge in [0.25, 0.3) is 0 Å². The van der Waals surface area contributed by atoms with E-state index >= 15 is 0 Å². The van der Waals surface area contributed by atoms with E-state index in [4.69, 9.17) is 23.2 Å². The lowest BCUT2D eigenvalue weighted by Crippen LogP contribution is -2.16. The lowest BCUT2D eigenvalue weighted by Gasteiger charge is -2.12. The predicted molar refractivity (Wildman–Crippen MR) is 97.6 cm³/mol. The average Bonchev–Trinajstić information content (AvgIpc) is 3.20. The Bertz CT molecular complexity index is 708. The third-order valence-electron chi connectivity index (χ3n) is 4.57. The van der Waals surface area contributed by atoms with Crippen molar-refractivity contribution >= 4 is 34.9 Å². The van der Waals surface area contributed by atoms with Gasteiger partial charge in [0.05, 0.1) is 12.7 Å². The van der Waals surface area contributed by atoms with Gasteiger partial charge in [-0.1, -0.05) is 55.0 Å². The smallest absolute Gasteiger partial charge is 0.225 e. The maximum atomic E-state index is 12.2. The van der Waals surface area contributed by atoms with Crippen molar-refractivity contribution in [1.29, 1.82) is 0 Å². The zero-order valence-corrected chi connectivity index (χ0v) is 15.0. The van der Waals surface area contributed by atoms with Crippen LogP contribution in [0.15, 0.2) is 30.5 Å². The molecule has 0 unspecified atom stereocenters. The summed E-state index contributed by atoms with van der Waals surface area (Å²) in [5, 5.41) is 8.43. The maximum Gasteiger partial charge on any atom is 0.225 e. The Hall–Kier alpha value is -1.52. The van der Waals surface area contributed by atoms with Gasteiger partial charge in [0, 0.05) is 22.5 Å². The molecule has 1 aromatic heterocycles. The number of aromatic nitrogens is 2. The van der Waals surface area contributed by atoms with Crippen molar-refractivity contribution in [2.45, 2.75) is 45.1 Å². The molecule has 128 valence electrons. The van der Waals surface area contributed by atoms with Gasteiger partial charge in [-0.2, -0.15) is 5.10 Å². The standard InChI is InChI=1S/C18H21Cl2N3O/c19-15-7-6-14(16(20)11-15)12-23-17(9-10-21-23)22-18(24)8-5-13-3-1-2-4-13/h6-7,9-11,13H,1-5,8,12H2,(H,22,24). The molecule has 1 aliphatic carbocycles. The molecule has 1 N–H and O–H groups in total. The van der Waals surface area contributed by atoms with Gasteiger partial charge in [0.15, 0.2) is 0 Å². The largest absolute Gasteiger partial charge is 0.311 e. The Morgan fingerprint density at radius 3 is 2.79 bits per heavy atom. The van der Waals surface area contributed by atoms with Gasteiger partial charge < -0.3 is 5.32 Å². The molecule has 2 aromatic rings. The highest BCUT2D eigenvalue weighted by Crippen LogP contribution is 2.28. The molecule has 1 heterocycles. The molecule has 0 radical (unpaired) electrons. The van der Waals surface area contributed by atoms with E-state index in [-0.39, 0.29) is 5.91 Å². The molecule has 0 aliphatic heterocycles. The van der Waals surface area contributed by atoms with Gasteiger partial charge in [0.2, 0.25) is 5.91 Å². The molecular formula is C18H21Cl2N3O. The molecule has 3 rings (SSSR count). The number of carbonyl (C=O) groups is 1. The normalized spacial score (nSPS) is 14.9. The summed E-state index contributed by atoms with van der Waals surface area (Å²) in [6.07, 6.45) is 8.36. The van der Waals surface area contributed by atoms with Crippen LogP contribution >= 0.6 is 23.2 Å². The Balaban J connectivity index is 1.59. The number of nitrogens with one attached hydrogen (secondary N) is 1. The first-order chi connectivity index (χ1) is 11.6. The van der Waals surface area contributed by atoms with Crippen LogP contribution in [0.5, 0.6) is 0 Å². The zero-order valence-electron chi connectivity index (χ0n) is 13.5. The minimum absolute atomic E-state index is 0.0471. The van der Waals surface area contributed by atoms with Crippen LogP contribution in [0.4, 0.5) is 5.82 Å². The molecule has 1 fully saturated rings. The molecule has 4 nitrogen and oxygen atoms in total.